The van der Waals surface area contributed by atoms with Crippen LogP contribution < -0.4 is 11.1 Å². The zero-order valence-corrected chi connectivity index (χ0v) is 11.5. The number of benzene rings is 1. The number of hydrogen-bond acceptors (Lipinski definition) is 2. The van der Waals surface area contributed by atoms with E-state index in [9.17, 15) is 0 Å². The van der Waals surface area contributed by atoms with Crippen molar-refractivity contribution in [1.82, 2.24) is 5.32 Å². The molecule has 0 spiro atoms. The van der Waals surface area contributed by atoms with E-state index in [1.807, 2.05) is 12.1 Å². The van der Waals surface area contributed by atoms with Crippen molar-refractivity contribution in [2.75, 3.05) is 12.3 Å². The predicted octanol–water partition coefficient (Wildman–Crippen LogP) is 3.17. The average Bonchev–Trinajstić information content (AvgIpc) is 2.78. The standard InChI is InChI=1S/C13H19BrN2/c1-13(2)6-10(13)8-16-7-9-3-4-11(14)5-12(9)15/h3-5,10,16H,6-8,15H2,1-2H3. The zero-order chi connectivity index (χ0) is 11.8. The van der Waals surface area contributed by atoms with Gasteiger partial charge in [0.2, 0.25) is 0 Å². The Morgan fingerprint density at radius 2 is 2.19 bits per heavy atom. The molecule has 1 aliphatic carbocycles. The Kier molecular flexibility index (Phi) is 3.27. The molecule has 1 saturated carbocycles. The smallest absolute Gasteiger partial charge is 0.0370 e. The van der Waals surface area contributed by atoms with Crippen LogP contribution in [0.5, 0.6) is 0 Å². The minimum atomic E-state index is 0.554. The summed E-state index contributed by atoms with van der Waals surface area (Å²) in [4.78, 5) is 0. The van der Waals surface area contributed by atoms with Crippen molar-refractivity contribution in [2.45, 2.75) is 26.8 Å². The van der Waals surface area contributed by atoms with E-state index in [2.05, 4.69) is 41.2 Å². The molecule has 3 heteroatoms. The van der Waals surface area contributed by atoms with Crippen molar-refractivity contribution in [3.63, 3.8) is 0 Å². The van der Waals surface area contributed by atoms with E-state index in [4.69, 9.17) is 5.73 Å². The fourth-order valence-electron chi connectivity index (χ4n) is 2.03. The minimum absolute atomic E-state index is 0.554. The van der Waals surface area contributed by atoms with Gasteiger partial charge in [-0.15, -0.1) is 0 Å². The molecule has 0 aliphatic heterocycles. The van der Waals surface area contributed by atoms with E-state index >= 15 is 0 Å². The average molecular weight is 283 g/mol. The number of halogens is 1. The van der Waals surface area contributed by atoms with Gasteiger partial charge in [0, 0.05) is 16.7 Å². The van der Waals surface area contributed by atoms with Crippen molar-refractivity contribution >= 4 is 21.6 Å². The summed E-state index contributed by atoms with van der Waals surface area (Å²) < 4.78 is 1.04. The van der Waals surface area contributed by atoms with Gasteiger partial charge in [0.15, 0.2) is 0 Å². The third-order valence-electron chi connectivity index (χ3n) is 3.53. The Balaban J connectivity index is 1.81. The maximum atomic E-state index is 5.94. The van der Waals surface area contributed by atoms with Crippen LogP contribution in [0.2, 0.25) is 0 Å². The van der Waals surface area contributed by atoms with E-state index < -0.39 is 0 Å². The van der Waals surface area contributed by atoms with Crippen molar-refractivity contribution in [3.05, 3.63) is 28.2 Å². The second kappa shape index (κ2) is 4.38. The summed E-state index contributed by atoms with van der Waals surface area (Å²) in [6, 6.07) is 6.07. The molecule has 0 aromatic heterocycles. The molecule has 88 valence electrons. The van der Waals surface area contributed by atoms with Crippen molar-refractivity contribution < 1.29 is 0 Å². The molecule has 3 N–H and O–H groups in total. The molecule has 0 radical (unpaired) electrons. The minimum Gasteiger partial charge on any atom is -0.398 e. The molecule has 1 aliphatic rings. The van der Waals surface area contributed by atoms with Crippen LogP contribution in [0.15, 0.2) is 22.7 Å². The lowest BCUT2D eigenvalue weighted by Gasteiger charge is -2.09. The van der Waals surface area contributed by atoms with E-state index in [0.29, 0.717) is 5.41 Å². The normalized spacial score (nSPS) is 22.1. The Bertz CT molecular complexity index is 388. The van der Waals surface area contributed by atoms with Gasteiger partial charge >= 0.3 is 0 Å². The Labute approximate surface area is 106 Å². The van der Waals surface area contributed by atoms with Crippen molar-refractivity contribution in [2.24, 2.45) is 11.3 Å². The van der Waals surface area contributed by atoms with Gasteiger partial charge in [-0.1, -0.05) is 35.8 Å². The van der Waals surface area contributed by atoms with Crippen LogP contribution >= 0.6 is 15.9 Å². The van der Waals surface area contributed by atoms with Crippen LogP contribution in [0, 0.1) is 11.3 Å². The van der Waals surface area contributed by atoms with Gasteiger partial charge in [0.05, 0.1) is 0 Å². The summed E-state index contributed by atoms with van der Waals surface area (Å²) in [5.74, 6) is 0.837. The maximum absolute atomic E-state index is 5.94. The highest BCUT2D eigenvalue weighted by molar-refractivity contribution is 9.10. The first-order valence-electron chi connectivity index (χ1n) is 5.74. The summed E-state index contributed by atoms with van der Waals surface area (Å²) in [5.41, 5.74) is 8.53. The fraction of sp³-hybridized carbons (Fsp3) is 0.538. The molecule has 1 aromatic carbocycles. The Morgan fingerprint density at radius 1 is 1.50 bits per heavy atom. The van der Waals surface area contributed by atoms with Crippen molar-refractivity contribution in [1.29, 1.82) is 0 Å². The highest BCUT2D eigenvalue weighted by atomic mass is 79.9. The van der Waals surface area contributed by atoms with Gasteiger partial charge in [0.25, 0.3) is 0 Å². The second-order valence-electron chi connectivity index (χ2n) is 5.36. The maximum Gasteiger partial charge on any atom is 0.0370 e. The summed E-state index contributed by atoms with van der Waals surface area (Å²) in [6.45, 7) is 6.62. The summed E-state index contributed by atoms with van der Waals surface area (Å²) in [5, 5.41) is 3.48. The monoisotopic (exact) mass is 282 g/mol. The second-order valence-corrected chi connectivity index (χ2v) is 6.28. The van der Waals surface area contributed by atoms with Crippen LogP contribution in [-0.4, -0.2) is 6.54 Å². The number of anilines is 1. The van der Waals surface area contributed by atoms with E-state index in [0.717, 1.165) is 29.2 Å². The molecule has 1 unspecified atom stereocenters. The molecule has 16 heavy (non-hydrogen) atoms. The lowest BCUT2D eigenvalue weighted by Crippen LogP contribution is -2.18. The number of hydrogen-bond donors (Lipinski definition) is 2. The van der Waals surface area contributed by atoms with E-state index in [1.165, 1.54) is 12.0 Å². The summed E-state index contributed by atoms with van der Waals surface area (Å²) in [6.07, 6.45) is 1.34. The van der Waals surface area contributed by atoms with Crippen molar-refractivity contribution in [3.8, 4) is 0 Å². The molecule has 0 heterocycles. The first-order valence-corrected chi connectivity index (χ1v) is 6.53. The molecular formula is C13H19BrN2. The SMILES string of the molecule is CC1(C)CC1CNCc1ccc(Br)cc1N. The molecule has 2 nitrogen and oxygen atoms in total. The van der Waals surface area contributed by atoms with Crippen LogP contribution in [0.25, 0.3) is 0 Å². The fourth-order valence-corrected chi connectivity index (χ4v) is 2.41. The number of rotatable bonds is 4. The molecule has 1 atom stereocenters. The predicted molar refractivity (Wildman–Crippen MR) is 72.1 cm³/mol. The molecule has 1 fully saturated rings. The lowest BCUT2D eigenvalue weighted by atomic mass is 10.1. The number of nitrogens with two attached hydrogens (primary N) is 1. The molecule has 1 aromatic rings. The Morgan fingerprint density at radius 3 is 2.75 bits per heavy atom. The highest BCUT2D eigenvalue weighted by Gasteiger charge is 2.44. The molecule has 2 rings (SSSR count). The van der Waals surface area contributed by atoms with E-state index in [1.54, 1.807) is 0 Å². The van der Waals surface area contributed by atoms with Gasteiger partial charge < -0.3 is 11.1 Å². The molecular weight excluding hydrogens is 264 g/mol. The van der Waals surface area contributed by atoms with Gasteiger partial charge in [0.1, 0.15) is 0 Å². The first-order chi connectivity index (χ1) is 7.49. The quantitative estimate of drug-likeness (QED) is 0.833. The van der Waals surface area contributed by atoms with Gasteiger partial charge in [-0.3, -0.25) is 0 Å². The van der Waals surface area contributed by atoms with Crippen LogP contribution in [0.3, 0.4) is 0 Å². The largest absolute Gasteiger partial charge is 0.398 e. The Hall–Kier alpha value is -0.540. The molecule has 0 saturated heterocycles. The molecule has 0 bridgehead atoms. The van der Waals surface area contributed by atoms with Crippen LogP contribution in [0.1, 0.15) is 25.8 Å². The third kappa shape index (κ3) is 2.77. The highest BCUT2D eigenvalue weighted by Crippen LogP contribution is 2.50. The summed E-state index contributed by atoms with van der Waals surface area (Å²) >= 11 is 3.41. The van der Waals surface area contributed by atoms with Crippen LogP contribution in [0.4, 0.5) is 5.69 Å². The topological polar surface area (TPSA) is 38.0 Å². The van der Waals surface area contributed by atoms with E-state index in [-0.39, 0.29) is 0 Å². The first kappa shape index (κ1) is 11.9. The summed E-state index contributed by atoms with van der Waals surface area (Å²) in [7, 11) is 0. The third-order valence-corrected chi connectivity index (χ3v) is 4.02. The number of nitrogens with one attached hydrogen (secondary N) is 1. The van der Waals surface area contributed by atoms with Gasteiger partial charge in [-0.25, -0.2) is 0 Å². The van der Waals surface area contributed by atoms with Gasteiger partial charge in [-0.05, 0) is 42.0 Å². The lowest BCUT2D eigenvalue weighted by molar-refractivity contribution is 0.520. The van der Waals surface area contributed by atoms with Gasteiger partial charge in [-0.2, -0.15) is 0 Å². The zero-order valence-electron chi connectivity index (χ0n) is 9.89. The van der Waals surface area contributed by atoms with Crippen LogP contribution in [-0.2, 0) is 6.54 Å². The molecule has 0 amide bonds. The number of nitrogen functional groups attached to an aromatic ring is 1.